The second-order valence-corrected chi connectivity index (χ2v) is 7.52. The number of anilines is 1. The van der Waals surface area contributed by atoms with Crippen molar-refractivity contribution in [3.8, 4) is 5.75 Å². The van der Waals surface area contributed by atoms with E-state index in [1.54, 1.807) is 42.1 Å². The number of hydrogen-bond acceptors (Lipinski definition) is 5. The number of oxime groups is 1. The number of alkyl halides is 3. The topological polar surface area (TPSA) is 77.7 Å². The van der Waals surface area contributed by atoms with Gasteiger partial charge in [0.05, 0.1) is 17.0 Å². The average molecular weight is 474 g/mol. The second-order valence-electron chi connectivity index (χ2n) is 7.52. The number of halogens is 3. The monoisotopic (exact) mass is 474 g/mol. The minimum absolute atomic E-state index is 0.0497. The van der Waals surface area contributed by atoms with E-state index in [0.717, 1.165) is 23.4 Å². The highest BCUT2D eigenvalue weighted by atomic mass is 19.4. The van der Waals surface area contributed by atoms with Crippen LogP contribution >= 0.6 is 0 Å². The molecule has 0 bridgehead atoms. The maximum Gasteiger partial charge on any atom is 0.416 e. The number of aryl methyl sites for hydroxylation is 2. The molecule has 1 amide bonds. The lowest BCUT2D eigenvalue weighted by atomic mass is 10.1. The van der Waals surface area contributed by atoms with Gasteiger partial charge in [-0.25, -0.2) is 0 Å². The van der Waals surface area contributed by atoms with Gasteiger partial charge < -0.3 is 14.9 Å². The van der Waals surface area contributed by atoms with Crippen molar-refractivity contribution < 1.29 is 27.5 Å². The van der Waals surface area contributed by atoms with Crippen LogP contribution < -0.4 is 10.1 Å². The summed E-state index contributed by atoms with van der Waals surface area (Å²) in [5, 5.41) is 11.0. The van der Waals surface area contributed by atoms with Gasteiger partial charge >= 0.3 is 6.18 Å². The number of nitrogens with one attached hydrogen (secondary N) is 1. The van der Waals surface area contributed by atoms with Crippen LogP contribution in [0.4, 0.5) is 19.0 Å². The standard InChI is InChI=1S/C24H25F3N4O3/c1-4-21(30-34-14-17-5-9-19(10-6-17)24(25,26)27)18-7-11-20(12-8-18)33-15-23(32)28-22-13-16(2)29-31(22)3/h5-13H,4,14-15H2,1-3H3,(H,28,32)/b30-21-. The highest BCUT2D eigenvalue weighted by Crippen LogP contribution is 2.29. The Balaban J connectivity index is 1.52. The van der Waals surface area contributed by atoms with Gasteiger partial charge in [-0.05, 0) is 60.9 Å². The molecule has 0 unspecified atom stereocenters. The number of carbonyl (C=O) groups is 1. The summed E-state index contributed by atoms with van der Waals surface area (Å²) in [6, 6.07) is 13.5. The van der Waals surface area contributed by atoms with Crippen molar-refractivity contribution >= 4 is 17.4 Å². The lowest BCUT2D eigenvalue weighted by Gasteiger charge is -2.09. The largest absolute Gasteiger partial charge is 0.484 e. The molecule has 10 heteroatoms. The number of nitrogens with zero attached hydrogens (tertiary/aromatic N) is 3. The first-order valence-electron chi connectivity index (χ1n) is 10.5. The van der Waals surface area contributed by atoms with Crippen LogP contribution in [-0.4, -0.2) is 28.0 Å². The van der Waals surface area contributed by atoms with E-state index in [1.165, 1.54) is 12.1 Å². The molecule has 0 saturated carbocycles. The van der Waals surface area contributed by atoms with E-state index < -0.39 is 11.7 Å². The van der Waals surface area contributed by atoms with Crippen molar-refractivity contribution in [2.24, 2.45) is 12.2 Å². The first-order chi connectivity index (χ1) is 16.2. The second kappa shape index (κ2) is 10.9. The Morgan fingerprint density at radius 1 is 1.12 bits per heavy atom. The molecule has 2 aromatic carbocycles. The molecular weight excluding hydrogens is 449 g/mol. The quantitative estimate of drug-likeness (QED) is 0.346. The fraction of sp³-hybridized carbons (Fsp3) is 0.292. The molecule has 7 nitrogen and oxygen atoms in total. The predicted octanol–water partition coefficient (Wildman–Crippen LogP) is 5.10. The summed E-state index contributed by atoms with van der Waals surface area (Å²) in [5.74, 6) is 0.794. The fourth-order valence-electron chi connectivity index (χ4n) is 3.10. The molecule has 0 atom stereocenters. The summed E-state index contributed by atoms with van der Waals surface area (Å²) >= 11 is 0. The molecule has 0 aliphatic carbocycles. The zero-order valence-electron chi connectivity index (χ0n) is 19.0. The summed E-state index contributed by atoms with van der Waals surface area (Å²) in [7, 11) is 1.74. The smallest absolute Gasteiger partial charge is 0.416 e. The van der Waals surface area contributed by atoms with Gasteiger partial charge in [-0.1, -0.05) is 24.2 Å². The van der Waals surface area contributed by atoms with Crippen molar-refractivity contribution in [2.45, 2.75) is 33.1 Å². The fourth-order valence-corrected chi connectivity index (χ4v) is 3.10. The number of rotatable bonds is 9. The Morgan fingerprint density at radius 2 is 1.79 bits per heavy atom. The van der Waals surface area contributed by atoms with E-state index >= 15 is 0 Å². The Hall–Kier alpha value is -3.82. The molecule has 0 saturated heterocycles. The van der Waals surface area contributed by atoms with Crippen LogP contribution in [-0.2, 0) is 29.5 Å². The summed E-state index contributed by atoms with van der Waals surface area (Å²) in [5.41, 5.74) is 2.14. The van der Waals surface area contributed by atoms with Gasteiger partial charge in [-0.2, -0.15) is 18.3 Å². The van der Waals surface area contributed by atoms with Gasteiger partial charge in [0.2, 0.25) is 0 Å². The molecule has 34 heavy (non-hydrogen) atoms. The van der Waals surface area contributed by atoms with Crippen LogP contribution in [0.5, 0.6) is 5.75 Å². The number of hydrogen-bond donors (Lipinski definition) is 1. The molecule has 0 spiro atoms. The summed E-state index contributed by atoms with van der Waals surface area (Å²) < 4.78 is 45.0. The lowest BCUT2D eigenvalue weighted by Crippen LogP contribution is -2.21. The maximum absolute atomic E-state index is 12.6. The zero-order valence-corrected chi connectivity index (χ0v) is 19.0. The van der Waals surface area contributed by atoms with Crippen molar-refractivity contribution in [1.29, 1.82) is 0 Å². The normalized spacial score (nSPS) is 11.9. The van der Waals surface area contributed by atoms with E-state index in [9.17, 15) is 18.0 Å². The third-order valence-corrected chi connectivity index (χ3v) is 4.85. The molecule has 1 heterocycles. The Morgan fingerprint density at radius 3 is 2.35 bits per heavy atom. The lowest BCUT2D eigenvalue weighted by molar-refractivity contribution is -0.137. The molecule has 1 aromatic heterocycles. The molecule has 0 aliphatic heterocycles. The highest BCUT2D eigenvalue weighted by Gasteiger charge is 2.29. The molecule has 180 valence electrons. The van der Waals surface area contributed by atoms with Crippen molar-refractivity contribution in [3.05, 3.63) is 77.0 Å². The Labute approximate surface area is 195 Å². The van der Waals surface area contributed by atoms with Crippen molar-refractivity contribution in [3.63, 3.8) is 0 Å². The van der Waals surface area contributed by atoms with E-state index in [0.29, 0.717) is 29.3 Å². The van der Waals surface area contributed by atoms with E-state index in [1.807, 2.05) is 13.8 Å². The minimum Gasteiger partial charge on any atom is -0.484 e. The van der Waals surface area contributed by atoms with Crippen LogP contribution in [0.3, 0.4) is 0 Å². The molecule has 1 N–H and O–H groups in total. The minimum atomic E-state index is -4.37. The first kappa shape index (κ1) is 24.8. The summed E-state index contributed by atoms with van der Waals surface area (Å²) in [6.07, 6.45) is -3.79. The van der Waals surface area contributed by atoms with Gasteiger partial charge in [0, 0.05) is 13.1 Å². The molecule has 3 aromatic rings. The molecular formula is C24H25F3N4O3. The Bertz CT molecular complexity index is 1140. The summed E-state index contributed by atoms with van der Waals surface area (Å²) in [4.78, 5) is 17.4. The van der Waals surface area contributed by atoms with Crippen LogP contribution in [0.15, 0.2) is 59.8 Å². The van der Waals surface area contributed by atoms with Crippen LogP contribution in [0.1, 0.15) is 35.7 Å². The van der Waals surface area contributed by atoms with Gasteiger partial charge in [0.25, 0.3) is 5.91 Å². The number of ether oxygens (including phenoxy) is 1. The SMILES string of the molecule is CC/C(=N/OCc1ccc(C(F)(F)F)cc1)c1ccc(OCC(=O)Nc2cc(C)nn2C)cc1. The van der Waals surface area contributed by atoms with Crippen LogP contribution in [0.2, 0.25) is 0 Å². The summed E-state index contributed by atoms with van der Waals surface area (Å²) in [6.45, 7) is 3.64. The number of amides is 1. The Kier molecular flexibility index (Phi) is 7.93. The third kappa shape index (κ3) is 6.84. The third-order valence-electron chi connectivity index (χ3n) is 4.85. The van der Waals surface area contributed by atoms with Crippen molar-refractivity contribution in [1.82, 2.24) is 9.78 Å². The number of carbonyl (C=O) groups excluding carboxylic acids is 1. The molecule has 0 radical (unpaired) electrons. The van der Waals surface area contributed by atoms with E-state index in [-0.39, 0.29) is 19.1 Å². The first-order valence-corrected chi connectivity index (χ1v) is 10.5. The van der Waals surface area contributed by atoms with Gasteiger partial charge in [0.1, 0.15) is 18.2 Å². The highest BCUT2D eigenvalue weighted by molar-refractivity contribution is 6.00. The van der Waals surface area contributed by atoms with Crippen LogP contribution in [0.25, 0.3) is 0 Å². The van der Waals surface area contributed by atoms with Crippen LogP contribution in [0, 0.1) is 6.92 Å². The molecule has 0 fully saturated rings. The van der Waals surface area contributed by atoms with Gasteiger partial charge in [-0.3, -0.25) is 9.48 Å². The average Bonchev–Trinajstić information content (AvgIpc) is 3.12. The van der Waals surface area contributed by atoms with Gasteiger partial charge in [0.15, 0.2) is 6.61 Å². The molecule has 3 rings (SSSR count). The zero-order chi connectivity index (χ0) is 24.7. The van der Waals surface area contributed by atoms with E-state index in [4.69, 9.17) is 9.57 Å². The maximum atomic E-state index is 12.6. The molecule has 0 aliphatic rings. The number of benzene rings is 2. The number of aromatic nitrogens is 2. The van der Waals surface area contributed by atoms with Crippen molar-refractivity contribution in [2.75, 3.05) is 11.9 Å². The van der Waals surface area contributed by atoms with Gasteiger partial charge in [-0.15, -0.1) is 0 Å². The predicted molar refractivity (Wildman–Crippen MR) is 122 cm³/mol. The van der Waals surface area contributed by atoms with E-state index in [2.05, 4.69) is 15.6 Å².